The quantitative estimate of drug-likeness (QED) is 0.744. The SMILES string of the molecule is CB(C)c1ccccc1.CC.CC.CCC1OCCO1. The van der Waals surface area contributed by atoms with E-state index in [0.29, 0.717) is 6.71 Å². The number of rotatable bonds is 2. The Morgan fingerprint density at radius 1 is 0.950 bits per heavy atom. The minimum Gasteiger partial charge on any atom is -0.350 e. The summed E-state index contributed by atoms with van der Waals surface area (Å²) < 4.78 is 10.2. The van der Waals surface area contributed by atoms with E-state index in [1.165, 1.54) is 5.46 Å². The lowest BCUT2D eigenvalue weighted by atomic mass is 9.49. The Balaban J connectivity index is 0. The molecule has 0 aromatic heterocycles. The van der Waals surface area contributed by atoms with Gasteiger partial charge in [0.25, 0.3) is 0 Å². The van der Waals surface area contributed by atoms with E-state index in [-0.39, 0.29) is 6.29 Å². The molecule has 1 fully saturated rings. The third-order valence-corrected chi connectivity index (χ3v) is 2.49. The van der Waals surface area contributed by atoms with Gasteiger partial charge in [-0.2, -0.15) is 0 Å². The zero-order chi connectivity index (χ0) is 15.8. The van der Waals surface area contributed by atoms with Gasteiger partial charge in [0.05, 0.1) is 13.2 Å². The lowest BCUT2D eigenvalue weighted by molar-refractivity contribution is -0.0430. The fraction of sp³-hybridized carbons (Fsp3) is 0.647. The molecular weight excluding hydrogens is 247 g/mol. The van der Waals surface area contributed by atoms with Crippen molar-refractivity contribution in [3.05, 3.63) is 30.3 Å². The first-order chi connectivity index (χ1) is 9.74. The molecule has 0 aliphatic carbocycles. The maximum Gasteiger partial charge on any atom is 0.169 e. The second-order valence-electron chi connectivity index (χ2n) is 4.14. The van der Waals surface area contributed by atoms with Crippen molar-refractivity contribution in [3.63, 3.8) is 0 Å². The summed E-state index contributed by atoms with van der Waals surface area (Å²) in [5, 5.41) is 0. The van der Waals surface area contributed by atoms with Gasteiger partial charge >= 0.3 is 0 Å². The van der Waals surface area contributed by atoms with E-state index in [4.69, 9.17) is 9.47 Å². The lowest BCUT2D eigenvalue weighted by Gasteiger charge is -2.01. The molecule has 0 bridgehead atoms. The van der Waals surface area contributed by atoms with Gasteiger partial charge in [-0.1, -0.05) is 84.1 Å². The van der Waals surface area contributed by atoms with Crippen LogP contribution in [0.1, 0.15) is 41.0 Å². The largest absolute Gasteiger partial charge is 0.350 e. The molecule has 0 atom stereocenters. The van der Waals surface area contributed by atoms with Crippen LogP contribution in [0.4, 0.5) is 0 Å². The molecule has 0 N–H and O–H groups in total. The maximum absolute atomic E-state index is 5.08. The van der Waals surface area contributed by atoms with Crippen molar-refractivity contribution in [1.29, 1.82) is 0 Å². The molecule has 1 aliphatic rings. The van der Waals surface area contributed by atoms with Crippen molar-refractivity contribution in [2.24, 2.45) is 0 Å². The van der Waals surface area contributed by atoms with Gasteiger partial charge in [-0.25, -0.2) is 0 Å². The van der Waals surface area contributed by atoms with Crippen molar-refractivity contribution >= 4 is 12.2 Å². The van der Waals surface area contributed by atoms with Crippen LogP contribution in [0.2, 0.25) is 13.6 Å². The number of hydrogen-bond donors (Lipinski definition) is 0. The van der Waals surface area contributed by atoms with E-state index < -0.39 is 0 Å². The summed E-state index contributed by atoms with van der Waals surface area (Å²) in [7, 11) is 0. The summed E-state index contributed by atoms with van der Waals surface area (Å²) in [4.78, 5) is 0. The third-order valence-electron chi connectivity index (χ3n) is 2.49. The van der Waals surface area contributed by atoms with E-state index >= 15 is 0 Å². The molecule has 2 rings (SSSR count). The lowest BCUT2D eigenvalue weighted by Crippen LogP contribution is -2.21. The predicted octanol–water partition coefficient (Wildman–Crippen LogP) is 4.47. The van der Waals surface area contributed by atoms with Gasteiger partial charge in [0.1, 0.15) is 0 Å². The van der Waals surface area contributed by atoms with E-state index in [2.05, 4.69) is 44.8 Å². The molecule has 1 heterocycles. The zero-order valence-corrected chi connectivity index (χ0v) is 14.5. The molecule has 0 spiro atoms. The smallest absolute Gasteiger partial charge is 0.169 e. The van der Waals surface area contributed by atoms with Crippen LogP contribution in [0.3, 0.4) is 0 Å². The highest BCUT2D eigenvalue weighted by molar-refractivity contribution is 6.70. The molecule has 0 unspecified atom stereocenters. The van der Waals surface area contributed by atoms with E-state index in [1.807, 2.05) is 33.8 Å². The first-order valence-electron chi connectivity index (χ1n) is 8.02. The van der Waals surface area contributed by atoms with Gasteiger partial charge in [0.15, 0.2) is 13.0 Å². The standard InChI is InChI=1S/C8H11B.C5H10O2.2C2H6/c1-9(2)8-6-4-3-5-7-8;1-2-5-6-3-4-7-5;2*1-2/h3-7H,1-2H3;5H,2-4H2,1H3;2*1-2H3. The summed E-state index contributed by atoms with van der Waals surface area (Å²) >= 11 is 0. The van der Waals surface area contributed by atoms with E-state index in [1.54, 1.807) is 0 Å². The van der Waals surface area contributed by atoms with Crippen LogP contribution in [-0.2, 0) is 9.47 Å². The average Bonchev–Trinajstić information content (AvgIpc) is 3.06. The van der Waals surface area contributed by atoms with Gasteiger partial charge in [-0.05, 0) is 6.42 Å². The fourth-order valence-corrected chi connectivity index (χ4v) is 1.48. The van der Waals surface area contributed by atoms with Gasteiger partial charge in [-0.15, -0.1) is 0 Å². The summed E-state index contributed by atoms with van der Waals surface area (Å²) in [6.07, 6.45) is 1.07. The normalized spacial score (nSPS) is 12.9. The molecule has 116 valence electrons. The van der Waals surface area contributed by atoms with E-state index in [0.717, 1.165) is 19.6 Å². The second-order valence-corrected chi connectivity index (χ2v) is 4.14. The Morgan fingerprint density at radius 2 is 1.40 bits per heavy atom. The maximum atomic E-state index is 5.08. The molecule has 2 nitrogen and oxygen atoms in total. The highest BCUT2D eigenvalue weighted by Crippen LogP contribution is 2.05. The van der Waals surface area contributed by atoms with Crippen LogP contribution >= 0.6 is 0 Å². The Labute approximate surface area is 127 Å². The summed E-state index contributed by atoms with van der Waals surface area (Å²) in [6.45, 7) is 16.7. The summed E-state index contributed by atoms with van der Waals surface area (Å²) in [6, 6.07) is 10.5. The van der Waals surface area contributed by atoms with E-state index in [9.17, 15) is 0 Å². The number of benzene rings is 1. The van der Waals surface area contributed by atoms with Crippen LogP contribution < -0.4 is 5.46 Å². The summed E-state index contributed by atoms with van der Waals surface area (Å²) in [5.41, 5.74) is 1.41. The minimum atomic E-state index is 0.0972. The van der Waals surface area contributed by atoms with Gasteiger partial charge in [-0.3, -0.25) is 0 Å². The van der Waals surface area contributed by atoms with Gasteiger partial charge < -0.3 is 9.47 Å². The van der Waals surface area contributed by atoms with Crippen molar-refractivity contribution in [2.75, 3.05) is 13.2 Å². The van der Waals surface area contributed by atoms with Crippen LogP contribution in [0, 0.1) is 0 Å². The number of hydrogen-bond acceptors (Lipinski definition) is 2. The Morgan fingerprint density at radius 3 is 1.65 bits per heavy atom. The third kappa shape index (κ3) is 11.1. The molecule has 3 heteroatoms. The molecule has 0 saturated carbocycles. The molecule has 0 radical (unpaired) electrons. The monoisotopic (exact) mass is 280 g/mol. The van der Waals surface area contributed by atoms with Gasteiger partial charge in [0, 0.05) is 0 Å². The Kier molecular flexibility index (Phi) is 17.5. The highest BCUT2D eigenvalue weighted by Gasteiger charge is 2.11. The molecule has 1 saturated heterocycles. The molecule has 1 aromatic carbocycles. The van der Waals surface area contributed by atoms with Crippen LogP contribution in [0.15, 0.2) is 30.3 Å². The second kappa shape index (κ2) is 16.3. The van der Waals surface area contributed by atoms with Crippen LogP contribution in [0.25, 0.3) is 0 Å². The van der Waals surface area contributed by atoms with Crippen molar-refractivity contribution in [3.8, 4) is 0 Å². The Bertz CT molecular complexity index is 270. The molecule has 1 aromatic rings. The highest BCUT2D eigenvalue weighted by atomic mass is 16.7. The Hall–Kier alpha value is -0.795. The molecule has 20 heavy (non-hydrogen) atoms. The molecule has 1 aliphatic heterocycles. The molecular formula is C17H33BO2. The first-order valence-corrected chi connectivity index (χ1v) is 8.02. The number of ether oxygens (including phenoxy) is 2. The van der Waals surface area contributed by atoms with Gasteiger partial charge in [0.2, 0.25) is 0 Å². The molecule has 0 amide bonds. The van der Waals surface area contributed by atoms with Crippen molar-refractivity contribution in [2.45, 2.75) is 61.0 Å². The minimum absolute atomic E-state index is 0.0972. The predicted molar refractivity (Wildman–Crippen MR) is 92.2 cm³/mol. The first kappa shape index (κ1) is 21.5. The topological polar surface area (TPSA) is 18.5 Å². The summed E-state index contributed by atoms with van der Waals surface area (Å²) in [5.74, 6) is 0. The average molecular weight is 280 g/mol. The van der Waals surface area contributed by atoms with Crippen molar-refractivity contribution in [1.82, 2.24) is 0 Å². The van der Waals surface area contributed by atoms with Crippen molar-refractivity contribution < 1.29 is 9.47 Å². The zero-order valence-electron chi connectivity index (χ0n) is 14.5. The van der Waals surface area contributed by atoms with Crippen LogP contribution in [0.5, 0.6) is 0 Å². The van der Waals surface area contributed by atoms with Crippen LogP contribution in [-0.4, -0.2) is 26.2 Å². The fourth-order valence-electron chi connectivity index (χ4n) is 1.48.